The first-order valence-corrected chi connectivity index (χ1v) is 5.88. The number of carbonyl (C=O) groups is 3. The standard InChI is InChI=1S/C12H13ClN2O5/c1-20-9-3-2-6(13)4-7(9)11(17)15-8(12(18)19)5-10(14)16/h2-4,8H,5H2,1H3,(H2,14,16)(H,15,17)(H,18,19)/t8-/m1/s1. The van der Waals surface area contributed by atoms with E-state index < -0.39 is 30.2 Å². The maximum atomic E-state index is 12.0. The molecule has 0 unspecified atom stereocenters. The lowest BCUT2D eigenvalue weighted by Crippen LogP contribution is -2.43. The van der Waals surface area contributed by atoms with E-state index in [4.69, 9.17) is 27.2 Å². The molecule has 0 radical (unpaired) electrons. The average molecular weight is 301 g/mol. The number of nitrogens with one attached hydrogen (secondary N) is 1. The van der Waals surface area contributed by atoms with Crippen LogP contribution in [0, 0.1) is 0 Å². The molecule has 8 heteroatoms. The highest BCUT2D eigenvalue weighted by Gasteiger charge is 2.24. The maximum absolute atomic E-state index is 12.0. The van der Waals surface area contributed by atoms with Crippen LogP contribution in [0.1, 0.15) is 16.8 Å². The molecule has 0 bridgehead atoms. The highest BCUT2D eigenvalue weighted by atomic mass is 35.5. The molecule has 0 aliphatic carbocycles. The molecule has 20 heavy (non-hydrogen) atoms. The van der Waals surface area contributed by atoms with Crippen molar-refractivity contribution in [2.75, 3.05) is 7.11 Å². The molecule has 1 rings (SSSR count). The smallest absolute Gasteiger partial charge is 0.326 e. The zero-order chi connectivity index (χ0) is 15.3. The largest absolute Gasteiger partial charge is 0.496 e. The lowest BCUT2D eigenvalue weighted by Gasteiger charge is -2.14. The van der Waals surface area contributed by atoms with Gasteiger partial charge in [-0.1, -0.05) is 11.6 Å². The van der Waals surface area contributed by atoms with E-state index in [1.165, 1.54) is 25.3 Å². The highest BCUT2D eigenvalue weighted by molar-refractivity contribution is 6.31. The normalized spacial score (nSPS) is 11.5. The van der Waals surface area contributed by atoms with Gasteiger partial charge < -0.3 is 20.9 Å². The monoisotopic (exact) mass is 300 g/mol. The molecule has 0 aliphatic heterocycles. The van der Waals surface area contributed by atoms with E-state index in [0.29, 0.717) is 0 Å². The number of hydrogen-bond donors (Lipinski definition) is 3. The number of carboxylic acids is 1. The van der Waals surface area contributed by atoms with Crippen molar-refractivity contribution in [2.24, 2.45) is 5.73 Å². The van der Waals surface area contributed by atoms with Crippen LogP contribution in [0.3, 0.4) is 0 Å². The van der Waals surface area contributed by atoms with Crippen LogP contribution in [0.5, 0.6) is 5.75 Å². The Morgan fingerprint density at radius 2 is 2.10 bits per heavy atom. The van der Waals surface area contributed by atoms with Gasteiger partial charge in [-0.25, -0.2) is 4.79 Å². The van der Waals surface area contributed by atoms with Crippen molar-refractivity contribution < 1.29 is 24.2 Å². The Labute approximate surface area is 119 Å². The molecular formula is C12H13ClN2O5. The molecule has 108 valence electrons. The molecule has 0 aliphatic rings. The molecule has 1 aromatic carbocycles. The molecule has 0 spiro atoms. The fourth-order valence-corrected chi connectivity index (χ4v) is 1.67. The minimum absolute atomic E-state index is 0.0655. The lowest BCUT2D eigenvalue weighted by molar-refractivity contribution is -0.140. The Morgan fingerprint density at radius 3 is 2.60 bits per heavy atom. The molecule has 2 amide bonds. The number of halogens is 1. The Hall–Kier alpha value is -2.28. The average Bonchev–Trinajstić information content (AvgIpc) is 2.37. The van der Waals surface area contributed by atoms with Crippen molar-refractivity contribution in [3.8, 4) is 5.75 Å². The fourth-order valence-electron chi connectivity index (χ4n) is 1.49. The van der Waals surface area contributed by atoms with Crippen LogP contribution in [0.2, 0.25) is 5.02 Å². The molecule has 1 aromatic rings. The van der Waals surface area contributed by atoms with E-state index in [0.717, 1.165) is 0 Å². The first-order valence-electron chi connectivity index (χ1n) is 5.50. The molecule has 7 nitrogen and oxygen atoms in total. The predicted octanol–water partition coefficient (Wildman–Crippen LogP) is 0.407. The summed E-state index contributed by atoms with van der Waals surface area (Å²) in [7, 11) is 1.36. The number of carbonyl (C=O) groups excluding carboxylic acids is 2. The second-order valence-electron chi connectivity index (χ2n) is 3.88. The summed E-state index contributed by atoms with van der Waals surface area (Å²) in [5.41, 5.74) is 4.99. The summed E-state index contributed by atoms with van der Waals surface area (Å²) in [5.74, 6) is -2.69. The lowest BCUT2D eigenvalue weighted by atomic mass is 10.1. The van der Waals surface area contributed by atoms with Crippen molar-refractivity contribution in [2.45, 2.75) is 12.5 Å². The van der Waals surface area contributed by atoms with Crippen LogP contribution < -0.4 is 15.8 Å². The van der Waals surface area contributed by atoms with Crippen molar-refractivity contribution in [3.05, 3.63) is 28.8 Å². The van der Waals surface area contributed by atoms with E-state index >= 15 is 0 Å². The van der Waals surface area contributed by atoms with Crippen molar-refractivity contribution in [3.63, 3.8) is 0 Å². The van der Waals surface area contributed by atoms with Gasteiger partial charge in [0.2, 0.25) is 5.91 Å². The number of methoxy groups -OCH3 is 1. The second kappa shape index (κ2) is 6.76. The minimum atomic E-state index is -1.41. The van der Waals surface area contributed by atoms with Gasteiger partial charge in [0.1, 0.15) is 11.8 Å². The van der Waals surface area contributed by atoms with Gasteiger partial charge in [0.15, 0.2) is 0 Å². The number of ether oxygens (including phenoxy) is 1. The second-order valence-corrected chi connectivity index (χ2v) is 4.32. The van der Waals surface area contributed by atoms with Crippen molar-refractivity contribution in [1.29, 1.82) is 0 Å². The van der Waals surface area contributed by atoms with Gasteiger partial charge in [-0.3, -0.25) is 9.59 Å². The van der Waals surface area contributed by atoms with E-state index in [2.05, 4.69) is 5.32 Å². The molecule has 0 saturated carbocycles. The van der Waals surface area contributed by atoms with Gasteiger partial charge in [0.25, 0.3) is 5.91 Å². The zero-order valence-electron chi connectivity index (χ0n) is 10.6. The van der Waals surface area contributed by atoms with Gasteiger partial charge in [-0.05, 0) is 18.2 Å². The van der Waals surface area contributed by atoms with E-state index in [9.17, 15) is 14.4 Å². The van der Waals surface area contributed by atoms with E-state index in [-0.39, 0.29) is 16.3 Å². The van der Waals surface area contributed by atoms with Gasteiger partial charge in [0, 0.05) is 5.02 Å². The van der Waals surface area contributed by atoms with Crippen LogP contribution in [0.4, 0.5) is 0 Å². The number of hydrogen-bond acceptors (Lipinski definition) is 4. The van der Waals surface area contributed by atoms with Crippen LogP contribution in [0.25, 0.3) is 0 Å². The molecule has 4 N–H and O–H groups in total. The third kappa shape index (κ3) is 4.13. The van der Waals surface area contributed by atoms with E-state index in [1.807, 2.05) is 0 Å². The molecule has 0 heterocycles. The number of benzene rings is 1. The summed E-state index contributed by atoms with van der Waals surface area (Å²) in [5, 5.41) is 11.4. The van der Waals surface area contributed by atoms with Crippen molar-refractivity contribution in [1.82, 2.24) is 5.32 Å². The van der Waals surface area contributed by atoms with Crippen LogP contribution in [-0.4, -0.2) is 36.0 Å². The third-order valence-corrected chi connectivity index (χ3v) is 2.65. The number of primary amides is 1. The SMILES string of the molecule is COc1ccc(Cl)cc1C(=O)N[C@H](CC(N)=O)C(=O)O. The predicted molar refractivity (Wildman–Crippen MR) is 70.7 cm³/mol. The summed E-state index contributed by atoms with van der Waals surface area (Å²) in [4.78, 5) is 33.7. The Morgan fingerprint density at radius 1 is 1.45 bits per heavy atom. The van der Waals surface area contributed by atoms with Gasteiger partial charge in [-0.2, -0.15) is 0 Å². The molecular weight excluding hydrogens is 288 g/mol. The third-order valence-electron chi connectivity index (χ3n) is 2.41. The van der Waals surface area contributed by atoms with Gasteiger partial charge in [0.05, 0.1) is 19.1 Å². The van der Waals surface area contributed by atoms with Crippen molar-refractivity contribution >= 4 is 29.4 Å². The first kappa shape index (κ1) is 15.8. The van der Waals surface area contributed by atoms with Crippen LogP contribution >= 0.6 is 11.6 Å². The summed E-state index contributed by atoms with van der Waals surface area (Å²) in [6.45, 7) is 0. The summed E-state index contributed by atoms with van der Waals surface area (Å²) in [6.07, 6.45) is -0.510. The molecule has 0 fully saturated rings. The summed E-state index contributed by atoms with van der Waals surface area (Å²) < 4.78 is 4.99. The molecule has 1 atom stereocenters. The molecule has 0 saturated heterocycles. The number of rotatable bonds is 6. The minimum Gasteiger partial charge on any atom is -0.496 e. The molecule has 0 aromatic heterocycles. The van der Waals surface area contributed by atoms with Crippen LogP contribution in [0.15, 0.2) is 18.2 Å². The quantitative estimate of drug-likeness (QED) is 0.703. The summed E-state index contributed by atoms with van der Waals surface area (Å²) in [6, 6.07) is 2.92. The number of nitrogens with two attached hydrogens (primary N) is 1. The van der Waals surface area contributed by atoms with Gasteiger partial charge >= 0.3 is 5.97 Å². The first-order chi connectivity index (χ1) is 9.35. The Bertz CT molecular complexity index is 547. The highest BCUT2D eigenvalue weighted by Crippen LogP contribution is 2.22. The van der Waals surface area contributed by atoms with E-state index in [1.54, 1.807) is 0 Å². The topological polar surface area (TPSA) is 119 Å². The number of amides is 2. The number of aliphatic carboxylic acids is 1. The number of carboxylic acid groups (broad SMARTS) is 1. The fraction of sp³-hybridized carbons (Fsp3) is 0.250. The van der Waals surface area contributed by atoms with Gasteiger partial charge in [-0.15, -0.1) is 0 Å². The Kier molecular flexibility index (Phi) is 5.33. The maximum Gasteiger partial charge on any atom is 0.326 e. The summed E-state index contributed by atoms with van der Waals surface area (Å²) >= 11 is 5.78. The Balaban J connectivity index is 2.96. The zero-order valence-corrected chi connectivity index (χ0v) is 11.3. The van der Waals surface area contributed by atoms with Crippen LogP contribution in [-0.2, 0) is 9.59 Å².